The smallest absolute Gasteiger partial charge is 0.273 e. The summed E-state index contributed by atoms with van der Waals surface area (Å²) in [6.45, 7) is 4.52. The van der Waals surface area contributed by atoms with Gasteiger partial charge in [0.2, 0.25) is 17.7 Å². The molecular weight excluding hydrogens is 610 g/mol. The number of hydrogen-bond donors (Lipinski definition) is 3. The topological polar surface area (TPSA) is 177 Å². The van der Waals surface area contributed by atoms with Crippen LogP contribution in [-0.4, -0.2) is 72.9 Å². The third kappa shape index (κ3) is 8.84. The Hall–Kier alpha value is -4.92. The van der Waals surface area contributed by atoms with Crippen molar-refractivity contribution in [1.82, 2.24) is 45.6 Å². The molecule has 242 valence electrons. The highest BCUT2D eigenvalue weighted by Crippen LogP contribution is 2.26. The van der Waals surface area contributed by atoms with Crippen molar-refractivity contribution in [3.63, 3.8) is 0 Å². The third-order valence-corrected chi connectivity index (χ3v) is 8.29. The van der Waals surface area contributed by atoms with Crippen molar-refractivity contribution in [3.8, 4) is 0 Å². The Morgan fingerprint density at radius 3 is 2.65 bits per heavy atom. The summed E-state index contributed by atoms with van der Waals surface area (Å²) in [5, 5.41) is 15.0. The van der Waals surface area contributed by atoms with Crippen LogP contribution < -0.4 is 16.0 Å². The Bertz CT molecular complexity index is 1620. The maximum absolute atomic E-state index is 13.5. The molecule has 2 atom stereocenters. The van der Waals surface area contributed by atoms with E-state index in [2.05, 4.69) is 36.0 Å². The molecular formula is C31H37N9O5S. The van der Waals surface area contributed by atoms with Crippen LogP contribution in [0.2, 0.25) is 0 Å². The Morgan fingerprint density at radius 2 is 1.89 bits per heavy atom. The number of amides is 4. The molecule has 0 saturated carbocycles. The molecule has 0 spiro atoms. The van der Waals surface area contributed by atoms with Crippen LogP contribution in [-0.2, 0) is 22.6 Å². The van der Waals surface area contributed by atoms with Crippen LogP contribution in [0.4, 0.5) is 0 Å². The molecule has 4 bridgehead atoms. The van der Waals surface area contributed by atoms with E-state index in [4.69, 9.17) is 4.42 Å². The summed E-state index contributed by atoms with van der Waals surface area (Å²) in [5.74, 6) is -1.18. The molecule has 0 fully saturated rings. The molecule has 4 heterocycles. The zero-order valence-corrected chi connectivity index (χ0v) is 26.5. The average molecular weight is 648 g/mol. The number of hydrogen-bond acceptors (Lipinski definition) is 10. The van der Waals surface area contributed by atoms with E-state index in [1.165, 1.54) is 28.8 Å². The van der Waals surface area contributed by atoms with Gasteiger partial charge < -0.3 is 25.3 Å². The van der Waals surface area contributed by atoms with Gasteiger partial charge in [0.15, 0.2) is 5.69 Å². The van der Waals surface area contributed by atoms with Gasteiger partial charge in [0.05, 0.1) is 12.6 Å². The van der Waals surface area contributed by atoms with Crippen LogP contribution in [0.15, 0.2) is 59.0 Å². The van der Waals surface area contributed by atoms with Crippen molar-refractivity contribution in [1.29, 1.82) is 0 Å². The normalized spacial score (nSPS) is 18.0. The number of benzene rings is 1. The second-order valence-corrected chi connectivity index (χ2v) is 12.3. The van der Waals surface area contributed by atoms with Gasteiger partial charge in [0.1, 0.15) is 35.7 Å². The van der Waals surface area contributed by atoms with E-state index >= 15 is 0 Å². The van der Waals surface area contributed by atoms with Crippen molar-refractivity contribution in [2.45, 2.75) is 58.2 Å². The van der Waals surface area contributed by atoms with Gasteiger partial charge in [-0.15, -0.1) is 11.3 Å². The minimum absolute atomic E-state index is 0.0518. The van der Waals surface area contributed by atoms with Gasteiger partial charge in [-0.1, -0.05) is 44.2 Å². The van der Waals surface area contributed by atoms with Gasteiger partial charge in [0, 0.05) is 37.9 Å². The Kier molecular flexibility index (Phi) is 10.9. The number of oxazole rings is 1. The summed E-state index contributed by atoms with van der Waals surface area (Å²) in [4.78, 5) is 67.4. The lowest BCUT2D eigenvalue weighted by Gasteiger charge is -2.24. The predicted octanol–water partition coefficient (Wildman–Crippen LogP) is 2.69. The number of thiazole rings is 1. The molecule has 0 radical (unpaired) electrons. The third-order valence-electron chi connectivity index (χ3n) is 7.33. The highest BCUT2D eigenvalue weighted by Gasteiger charge is 2.27. The molecule has 4 aromatic rings. The maximum atomic E-state index is 13.5. The monoisotopic (exact) mass is 647 g/mol. The van der Waals surface area contributed by atoms with E-state index in [0.29, 0.717) is 30.8 Å². The first-order valence-electron chi connectivity index (χ1n) is 15.2. The fraction of sp³-hybridized carbons (Fsp3) is 0.419. The van der Waals surface area contributed by atoms with Crippen molar-refractivity contribution >= 4 is 35.0 Å². The van der Waals surface area contributed by atoms with E-state index in [1.54, 1.807) is 16.4 Å². The molecule has 46 heavy (non-hydrogen) atoms. The van der Waals surface area contributed by atoms with Crippen LogP contribution in [0.3, 0.4) is 0 Å². The average Bonchev–Trinajstić information content (AvgIpc) is 3.82. The minimum atomic E-state index is -0.715. The number of nitrogens with one attached hydrogen (secondary N) is 3. The molecule has 3 aromatic heterocycles. The molecule has 5 rings (SSSR count). The van der Waals surface area contributed by atoms with Crippen LogP contribution in [0.1, 0.15) is 82.6 Å². The highest BCUT2D eigenvalue weighted by atomic mass is 32.1. The largest absolute Gasteiger partial charge is 0.446 e. The minimum Gasteiger partial charge on any atom is -0.446 e. The summed E-state index contributed by atoms with van der Waals surface area (Å²) in [6.07, 6.45) is 5.85. The van der Waals surface area contributed by atoms with Crippen molar-refractivity contribution < 1.29 is 23.6 Å². The van der Waals surface area contributed by atoms with E-state index in [0.717, 1.165) is 5.56 Å². The lowest BCUT2D eigenvalue weighted by molar-refractivity contribution is -0.136. The molecule has 4 amide bonds. The van der Waals surface area contributed by atoms with Gasteiger partial charge in [-0.2, -0.15) is 5.10 Å². The summed E-state index contributed by atoms with van der Waals surface area (Å²) < 4.78 is 7.39. The lowest BCUT2D eigenvalue weighted by Crippen LogP contribution is -2.45. The van der Waals surface area contributed by atoms with Gasteiger partial charge >= 0.3 is 0 Å². The quantitative estimate of drug-likeness (QED) is 0.259. The fourth-order valence-corrected chi connectivity index (χ4v) is 5.94. The Balaban J connectivity index is 1.41. The maximum Gasteiger partial charge on any atom is 0.273 e. The van der Waals surface area contributed by atoms with E-state index in [9.17, 15) is 19.2 Å². The molecule has 0 aliphatic carbocycles. The summed E-state index contributed by atoms with van der Waals surface area (Å²) >= 11 is 1.28. The standard InChI is InChI=1S/C31H37N9O5S/c1-20(2)13-23-31-38-25(17-46-31)28(43)33-10-12-39(27(42)9-6-11-40-19-32-18-34-40)15-26(41)35-22(14-21-7-4-3-5-8-21)30-37-24(16-45-30)29(44)36-23/h3-5,7-8,16-20,22-23H,6,9-15H2,1-2H3,(H,33,43)(H,35,41)(H,36,44)/t22-,23-/m0/s1. The number of aryl methyl sites for hydroxylation is 1. The SMILES string of the molecule is CC(C)C[C@@H]1NC(=O)c2coc(n2)[C@H](Cc2ccccc2)NC(=O)CN(C(=O)CCCn2cncn2)CCNC(=O)c2csc1n2. The first-order chi connectivity index (χ1) is 22.2. The number of aromatic nitrogens is 5. The van der Waals surface area contributed by atoms with Crippen LogP contribution >= 0.6 is 11.3 Å². The molecule has 14 nitrogen and oxygen atoms in total. The van der Waals surface area contributed by atoms with E-state index in [1.807, 2.05) is 44.2 Å². The summed E-state index contributed by atoms with van der Waals surface area (Å²) in [7, 11) is 0. The Morgan fingerprint density at radius 1 is 1.07 bits per heavy atom. The second kappa shape index (κ2) is 15.4. The van der Waals surface area contributed by atoms with E-state index in [-0.39, 0.29) is 55.2 Å². The first-order valence-corrected chi connectivity index (χ1v) is 16.1. The van der Waals surface area contributed by atoms with E-state index < -0.39 is 29.8 Å². The van der Waals surface area contributed by atoms with Gasteiger partial charge in [-0.05, 0) is 24.3 Å². The van der Waals surface area contributed by atoms with Crippen LogP contribution in [0.25, 0.3) is 0 Å². The molecule has 1 aromatic carbocycles. The van der Waals surface area contributed by atoms with Crippen LogP contribution in [0, 0.1) is 5.92 Å². The molecule has 15 heteroatoms. The van der Waals surface area contributed by atoms with Crippen LogP contribution in [0.5, 0.6) is 0 Å². The summed E-state index contributed by atoms with van der Waals surface area (Å²) in [6, 6.07) is 8.33. The number of carbonyl (C=O) groups excluding carboxylic acids is 4. The Labute approximate surface area is 270 Å². The predicted molar refractivity (Wildman–Crippen MR) is 167 cm³/mol. The van der Waals surface area contributed by atoms with Gasteiger partial charge in [-0.25, -0.2) is 15.0 Å². The molecule has 1 aliphatic heterocycles. The summed E-state index contributed by atoms with van der Waals surface area (Å²) in [5.41, 5.74) is 1.18. The first kappa shape index (κ1) is 32.5. The van der Waals surface area contributed by atoms with Gasteiger partial charge in [-0.3, -0.25) is 23.9 Å². The number of fused-ring (bicyclic) bond motifs is 4. The molecule has 0 unspecified atom stereocenters. The number of nitrogens with zero attached hydrogens (tertiary/aromatic N) is 6. The zero-order valence-electron chi connectivity index (χ0n) is 25.7. The number of carbonyl (C=O) groups is 4. The molecule has 3 N–H and O–H groups in total. The van der Waals surface area contributed by atoms with Crippen molar-refractivity contribution in [2.24, 2.45) is 5.92 Å². The zero-order chi connectivity index (χ0) is 32.5. The lowest BCUT2D eigenvalue weighted by atomic mass is 10.0. The molecule has 0 saturated heterocycles. The highest BCUT2D eigenvalue weighted by molar-refractivity contribution is 7.09. The van der Waals surface area contributed by atoms with Crippen molar-refractivity contribution in [3.05, 3.63) is 82.5 Å². The number of rotatable bonds is 8. The fourth-order valence-electron chi connectivity index (χ4n) is 5.08. The molecule has 1 aliphatic rings. The van der Waals surface area contributed by atoms with Gasteiger partial charge in [0.25, 0.3) is 11.8 Å². The second-order valence-electron chi connectivity index (χ2n) is 11.4. The van der Waals surface area contributed by atoms with Crippen molar-refractivity contribution in [2.75, 3.05) is 19.6 Å².